The van der Waals surface area contributed by atoms with Crippen molar-refractivity contribution in [3.05, 3.63) is 0 Å². The maximum absolute atomic E-state index is 11.3. The van der Waals surface area contributed by atoms with Gasteiger partial charge in [-0.1, -0.05) is 25.2 Å². The first kappa shape index (κ1) is 8.58. The van der Waals surface area contributed by atoms with E-state index in [2.05, 4.69) is 0 Å². The summed E-state index contributed by atoms with van der Waals surface area (Å²) in [6, 6.07) is 0. The molecule has 0 radical (unpaired) electrons. The van der Waals surface area contributed by atoms with Crippen LogP contribution in [0, 0.1) is 0 Å². The monoisotopic (exact) mass is 152 g/mol. The van der Waals surface area contributed by atoms with Gasteiger partial charge in [0.15, 0.2) is 0 Å². The molecule has 0 aliphatic rings. The van der Waals surface area contributed by atoms with Gasteiger partial charge >= 0.3 is 0 Å². The van der Waals surface area contributed by atoms with Gasteiger partial charge in [-0.3, -0.25) is 0 Å². The Bertz CT molecular complexity index is 83.6. The molecule has 0 spiro atoms. The van der Waals surface area contributed by atoms with Crippen molar-refractivity contribution in [2.24, 2.45) is 0 Å². The Kier molecular flexibility index (Phi) is 3.84. The van der Waals surface area contributed by atoms with E-state index >= 15 is 0 Å². The molecule has 0 fully saturated rings. The summed E-state index contributed by atoms with van der Waals surface area (Å²) in [6.07, 6.45) is 1.85. The maximum Gasteiger partial charge on any atom is 0.138 e. The molecule has 0 rings (SSSR count). The summed E-state index contributed by atoms with van der Waals surface area (Å²) in [5.41, 5.74) is 0. The normalized spacial score (nSPS) is 11.9. The van der Waals surface area contributed by atoms with E-state index in [0.29, 0.717) is 0 Å². The van der Waals surface area contributed by atoms with Crippen LogP contribution >= 0.6 is 17.7 Å². The van der Waals surface area contributed by atoms with Gasteiger partial charge in [-0.15, -0.1) is 0 Å². The van der Waals surface area contributed by atoms with Crippen molar-refractivity contribution in [3.8, 4) is 0 Å². The smallest absolute Gasteiger partial charge is 0.138 e. The third kappa shape index (κ3) is 2.23. The first-order valence-electron chi connectivity index (χ1n) is 2.82. The first-order valence-corrected chi connectivity index (χ1v) is 6.73. The second-order valence-electron chi connectivity index (χ2n) is 1.63. The number of rotatable bonds is 3. The van der Waals surface area contributed by atoms with Crippen molar-refractivity contribution >= 4 is 17.7 Å². The predicted octanol–water partition coefficient (Wildman–Crippen LogP) is 2.67. The van der Waals surface area contributed by atoms with Gasteiger partial charge in [0, 0.05) is 12.3 Å². The average molecular weight is 152 g/mol. The van der Waals surface area contributed by atoms with Crippen molar-refractivity contribution in [3.63, 3.8) is 0 Å². The topological polar surface area (TPSA) is 17.1 Å². The molecule has 3 heteroatoms. The molecular weight excluding hydrogens is 139 g/mol. The Labute approximate surface area is 55.4 Å². The maximum atomic E-state index is 11.3. The van der Waals surface area contributed by atoms with Gasteiger partial charge in [-0.25, -0.2) is 0 Å². The van der Waals surface area contributed by atoms with E-state index in [4.69, 9.17) is 0 Å². The lowest BCUT2D eigenvalue weighted by Crippen LogP contribution is -1.81. The molecule has 0 saturated carbocycles. The molecule has 1 nitrogen and oxygen atoms in total. The zero-order valence-corrected chi connectivity index (χ0v) is 7.39. The molecule has 0 heterocycles. The predicted molar refractivity (Wildman–Crippen MR) is 42.2 cm³/mol. The second-order valence-corrected chi connectivity index (χ2v) is 7.98. The standard InChI is InChI=1S/C5H13OPS/c1-4-7(6,5-2)8-3/h4-5H2,1-3H3. The minimum absolute atomic E-state index is 0.838. The summed E-state index contributed by atoms with van der Waals surface area (Å²) in [4.78, 5) is 0. The molecule has 0 amide bonds. The van der Waals surface area contributed by atoms with Gasteiger partial charge in [-0.2, -0.15) is 0 Å². The van der Waals surface area contributed by atoms with Gasteiger partial charge < -0.3 is 4.57 Å². The fourth-order valence-electron chi connectivity index (χ4n) is 0.482. The lowest BCUT2D eigenvalue weighted by Gasteiger charge is -2.07. The van der Waals surface area contributed by atoms with Crippen molar-refractivity contribution in [1.82, 2.24) is 0 Å². The van der Waals surface area contributed by atoms with Crippen LogP contribution in [0.5, 0.6) is 0 Å². The third-order valence-corrected chi connectivity index (χ3v) is 7.43. The van der Waals surface area contributed by atoms with E-state index in [-0.39, 0.29) is 0 Å². The lowest BCUT2D eigenvalue weighted by atomic mass is 11.0. The molecule has 8 heavy (non-hydrogen) atoms. The summed E-state index contributed by atoms with van der Waals surface area (Å²) < 4.78 is 11.3. The largest absolute Gasteiger partial charge is 0.312 e. The fourth-order valence-corrected chi connectivity index (χ4v) is 2.99. The summed E-state index contributed by atoms with van der Waals surface area (Å²) in [7, 11) is 0. The molecular formula is C5H13OPS. The van der Waals surface area contributed by atoms with Gasteiger partial charge in [0.1, 0.15) is 6.34 Å². The number of hydrogen-bond donors (Lipinski definition) is 0. The minimum Gasteiger partial charge on any atom is -0.312 e. The van der Waals surface area contributed by atoms with Crippen molar-refractivity contribution in [2.75, 3.05) is 18.6 Å². The van der Waals surface area contributed by atoms with Crippen LogP contribution in [0.25, 0.3) is 0 Å². The molecule has 0 aliphatic carbocycles. The Balaban J connectivity index is 3.79. The molecule has 0 N–H and O–H groups in total. The summed E-state index contributed by atoms with van der Waals surface area (Å²) >= 11 is 1.53. The molecule has 0 aromatic heterocycles. The quantitative estimate of drug-likeness (QED) is 0.578. The van der Waals surface area contributed by atoms with Gasteiger partial charge in [0.05, 0.1) is 0 Å². The lowest BCUT2D eigenvalue weighted by molar-refractivity contribution is 0.586. The molecule has 0 bridgehead atoms. The van der Waals surface area contributed by atoms with Crippen molar-refractivity contribution in [2.45, 2.75) is 13.8 Å². The van der Waals surface area contributed by atoms with Crippen LogP contribution in [0.4, 0.5) is 0 Å². The zero-order chi connectivity index (χ0) is 6.62. The Morgan fingerprint density at radius 1 is 1.38 bits per heavy atom. The molecule has 0 atom stereocenters. The second kappa shape index (κ2) is 3.58. The van der Waals surface area contributed by atoms with Crippen LogP contribution in [0.2, 0.25) is 0 Å². The average Bonchev–Trinajstić information content (AvgIpc) is 1.87. The molecule has 0 aromatic carbocycles. The third-order valence-electron chi connectivity index (χ3n) is 1.30. The minimum atomic E-state index is -1.75. The molecule has 50 valence electrons. The van der Waals surface area contributed by atoms with Crippen molar-refractivity contribution < 1.29 is 4.57 Å². The SMILES string of the molecule is CCP(=O)(CC)SC. The number of hydrogen-bond acceptors (Lipinski definition) is 2. The van der Waals surface area contributed by atoms with Crippen LogP contribution in [-0.4, -0.2) is 18.6 Å². The molecule has 0 unspecified atom stereocenters. The zero-order valence-electron chi connectivity index (χ0n) is 5.68. The van der Waals surface area contributed by atoms with E-state index in [1.807, 2.05) is 20.1 Å². The molecule has 0 aromatic rings. The highest BCUT2D eigenvalue weighted by atomic mass is 32.7. The Morgan fingerprint density at radius 3 is 1.75 bits per heavy atom. The summed E-state index contributed by atoms with van der Waals surface area (Å²) in [5.74, 6) is 0. The highest BCUT2D eigenvalue weighted by molar-refractivity contribution is 8.57. The van der Waals surface area contributed by atoms with Gasteiger partial charge in [0.2, 0.25) is 0 Å². The molecule has 0 saturated heterocycles. The van der Waals surface area contributed by atoms with Crippen LogP contribution in [0.15, 0.2) is 0 Å². The van der Waals surface area contributed by atoms with Crippen molar-refractivity contribution in [1.29, 1.82) is 0 Å². The van der Waals surface area contributed by atoms with E-state index in [1.165, 1.54) is 11.4 Å². The van der Waals surface area contributed by atoms with E-state index < -0.39 is 6.34 Å². The van der Waals surface area contributed by atoms with E-state index in [1.54, 1.807) is 0 Å². The highest BCUT2D eigenvalue weighted by Gasteiger charge is 2.13. The van der Waals surface area contributed by atoms with Crippen LogP contribution in [0.1, 0.15) is 13.8 Å². The van der Waals surface area contributed by atoms with E-state index in [9.17, 15) is 4.57 Å². The van der Waals surface area contributed by atoms with Crippen LogP contribution in [0.3, 0.4) is 0 Å². The Morgan fingerprint density at radius 2 is 1.75 bits per heavy atom. The molecule has 0 aliphatic heterocycles. The van der Waals surface area contributed by atoms with Gasteiger partial charge in [0.25, 0.3) is 0 Å². The van der Waals surface area contributed by atoms with Crippen LogP contribution < -0.4 is 0 Å². The fraction of sp³-hybridized carbons (Fsp3) is 1.00. The first-order chi connectivity index (χ1) is 3.68. The summed E-state index contributed by atoms with van der Waals surface area (Å²) in [6.45, 7) is 3.97. The van der Waals surface area contributed by atoms with Gasteiger partial charge in [-0.05, 0) is 6.26 Å². The Hall–Kier alpha value is 0.580. The van der Waals surface area contributed by atoms with Crippen LogP contribution in [-0.2, 0) is 4.57 Å². The summed E-state index contributed by atoms with van der Waals surface area (Å²) in [5, 5.41) is 0. The highest BCUT2D eigenvalue weighted by Crippen LogP contribution is 2.55. The van der Waals surface area contributed by atoms with E-state index in [0.717, 1.165) is 12.3 Å².